The van der Waals surface area contributed by atoms with Gasteiger partial charge in [0, 0.05) is 13.1 Å². The van der Waals surface area contributed by atoms with E-state index in [0.717, 1.165) is 12.1 Å². The zero-order valence-corrected chi connectivity index (χ0v) is 13.1. The highest BCUT2D eigenvalue weighted by Gasteiger charge is 2.30. The van der Waals surface area contributed by atoms with Gasteiger partial charge in [-0.05, 0) is 25.1 Å². The number of amidine groups is 1. The van der Waals surface area contributed by atoms with Gasteiger partial charge in [-0.15, -0.1) is 5.10 Å². The van der Waals surface area contributed by atoms with E-state index in [1.807, 2.05) is 0 Å². The lowest BCUT2D eigenvalue weighted by atomic mass is 10.2. The van der Waals surface area contributed by atoms with Gasteiger partial charge < -0.3 is 14.4 Å². The van der Waals surface area contributed by atoms with E-state index in [1.54, 1.807) is 11.8 Å². The van der Waals surface area contributed by atoms with Crippen molar-refractivity contribution >= 4 is 17.5 Å². The van der Waals surface area contributed by atoms with Crippen LogP contribution in [0.1, 0.15) is 12.5 Å². The molecule has 9 heteroatoms. The van der Waals surface area contributed by atoms with Gasteiger partial charge in [-0.3, -0.25) is 5.43 Å². The van der Waals surface area contributed by atoms with Crippen molar-refractivity contribution in [3.63, 3.8) is 0 Å². The molecule has 0 aromatic heterocycles. The summed E-state index contributed by atoms with van der Waals surface area (Å²) >= 11 is 0. The third-order valence-corrected chi connectivity index (χ3v) is 3.25. The lowest BCUT2D eigenvalue weighted by Gasteiger charge is -2.28. The van der Waals surface area contributed by atoms with Gasteiger partial charge in [0.2, 0.25) is 5.84 Å². The molecule has 0 spiro atoms. The zero-order chi connectivity index (χ0) is 17.6. The summed E-state index contributed by atoms with van der Waals surface area (Å²) in [5.74, 6) is -0.628. The van der Waals surface area contributed by atoms with Crippen LogP contribution in [-0.4, -0.2) is 49.6 Å². The minimum atomic E-state index is -4.45. The minimum Gasteiger partial charge on any atom is -0.460 e. The Kier molecular flexibility index (Phi) is 6.02. The summed E-state index contributed by atoms with van der Waals surface area (Å²) in [5, 5.41) is 3.95. The van der Waals surface area contributed by atoms with Crippen molar-refractivity contribution in [2.45, 2.75) is 13.1 Å². The number of halogens is 3. The van der Waals surface area contributed by atoms with Crippen LogP contribution < -0.4 is 5.43 Å². The van der Waals surface area contributed by atoms with Crippen LogP contribution >= 0.6 is 0 Å². The predicted molar refractivity (Wildman–Crippen MR) is 81.5 cm³/mol. The number of ether oxygens (including phenoxy) is 2. The molecule has 0 aliphatic carbocycles. The number of hydrogen-bond donors (Lipinski definition) is 1. The molecule has 1 aromatic rings. The second-order valence-corrected chi connectivity index (χ2v) is 4.95. The molecule has 0 unspecified atom stereocenters. The smallest absolute Gasteiger partial charge is 0.416 e. The van der Waals surface area contributed by atoms with Crippen LogP contribution in [0.2, 0.25) is 0 Å². The molecular weight excluding hydrogens is 327 g/mol. The normalized spacial score (nSPS) is 16.0. The van der Waals surface area contributed by atoms with Gasteiger partial charge in [-0.1, -0.05) is 6.07 Å². The Morgan fingerprint density at radius 1 is 1.38 bits per heavy atom. The van der Waals surface area contributed by atoms with Crippen LogP contribution in [0, 0.1) is 0 Å². The fraction of sp³-hybridized carbons (Fsp3) is 0.467. The highest BCUT2D eigenvalue weighted by atomic mass is 19.4. The molecule has 0 saturated carbocycles. The van der Waals surface area contributed by atoms with Crippen molar-refractivity contribution < 1.29 is 27.4 Å². The van der Waals surface area contributed by atoms with Crippen LogP contribution in [0.4, 0.5) is 18.9 Å². The second-order valence-electron chi connectivity index (χ2n) is 4.95. The lowest BCUT2D eigenvalue weighted by Crippen LogP contribution is -2.45. The van der Waals surface area contributed by atoms with Gasteiger partial charge in [0.15, 0.2) is 0 Å². The van der Waals surface area contributed by atoms with Crippen LogP contribution in [0.25, 0.3) is 0 Å². The monoisotopic (exact) mass is 345 g/mol. The zero-order valence-electron chi connectivity index (χ0n) is 13.1. The Bertz CT molecular complexity index is 599. The summed E-state index contributed by atoms with van der Waals surface area (Å²) in [6.45, 7) is 3.59. The first-order valence-corrected chi connectivity index (χ1v) is 7.42. The average Bonchev–Trinajstić information content (AvgIpc) is 2.56. The standard InChI is InChI=1S/C15H18F3N3O3/c1-2-24-14(22)13(21-6-8-23-9-7-21)20-19-12-5-3-4-11(10-12)15(16,17)18/h3-5,10,19H,2,6-9H2,1H3/b20-13-. The van der Waals surface area contributed by atoms with E-state index in [4.69, 9.17) is 9.47 Å². The van der Waals surface area contributed by atoms with Crippen molar-refractivity contribution in [1.29, 1.82) is 0 Å². The van der Waals surface area contributed by atoms with E-state index >= 15 is 0 Å². The van der Waals surface area contributed by atoms with Crippen molar-refractivity contribution in [3.8, 4) is 0 Å². The van der Waals surface area contributed by atoms with Crippen molar-refractivity contribution in [2.75, 3.05) is 38.3 Å². The Balaban J connectivity index is 2.18. The van der Waals surface area contributed by atoms with Crippen LogP contribution in [-0.2, 0) is 20.4 Å². The first-order chi connectivity index (χ1) is 11.4. The number of nitrogens with zero attached hydrogens (tertiary/aromatic N) is 2. The molecule has 1 aromatic carbocycles. The molecule has 24 heavy (non-hydrogen) atoms. The number of nitrogens with one attached hydrogen (secondary N) is 1. The highest BCUT2D eigenvalue weighted by molar-refractivity contribution is 6.35. The summed E-state index contributed by atoms with van der Waals surface area (Å²) in [6, 6.07) is 4.58. The molecule has 2 rings (SSSR count). The molecule has 0 radical (unpaired) electrons. The molecule has 1 fully saturated rings. The third-order valence-electron chi connectivity index (χ3n) is 3.25. The fourth-order valence-electron chi connectivity index (χ4n) is 2.10. The molecule has 1 aliphatic rings. The average molecular weight is 345 g/mol. The Morgan fingerprint density at radius 2 is 2.08 bits per heavy atom. The quantitative estimate of drug-likeness (QED) is 0.394. The topological polar surface area (TPSA) is 63.2 Å². The number of esters is 1. The molecule has 0 bridgehead atoms. The number of anilines is 1. The number of benzene rings is 1. The Hall–Kier alpha value is -2.29. The van der Waals surface area contributed by atoms with Gasteiger partial charge in [0.05, 0.1) is 31.1 Å². The van der Waals surface area contributed by atoms with E-state index in [2.05, 4.69) is 10.5 Å². The molecule has 132 valence electrons. The van der Waals surface area contributed by atoms with Crippen molar-refractivity contribution in [1.82, 2.24) is 4.90 Å². The first-order valence-electron chi connectivity index (χ1n) is 7.42. The van der Waals surface area contributed by atoms with Gasteiger partial charge in [0.25, 0.3) is 0 Å². The molecule has 1 saturated heterocycles. The summed E-state index contributed by atoms with van der Waals surface area (Å²) < 4.78 is 48.3. The van der Waals surface area contributed by atoms with Crippen molar-refractivity contribution in [2.24, 2.45) is 5.10 Å². The number of carbonyl (C=O) groups is 1. The fourth-order valence-corrected chi connectivity index (χ4v) is 2.10. The molecule has 0 atom stereocenters. The number of morpholine rings is 1. The van der Waals surface area contributed by atoms with Crippen molar-refractivity contribution in [3.05, 3.63) is 29.8 Å². The predicted octanol–water partition coefficient (Wildman–Crippen LogP) is 2.33. The largest absolute Gasteiger partial charge is 0.460 e. The van der Waals surface area contributed by atoms with E-state index < -0.39 is 17.7 Å². The molecule has 0 amide bonds. The lowest BCUT2D eigenvalue weighted by molar-refractivity contribution is -0.138. The van der Waals surface area contributed by atoms with Crippen LogP contribution in [0.5, 0.6) is 0 Å². The third kappa shape index (κ3) is 4.85. The van der Waals surface area contributed by atoms with Gasteiger partial charge in [-0.2, -0.15) is 13.2 Å². The summed E-state index contributed by atoms with van der Waals surface area (Å²) in [6.07, 6.45) is -4.45. The maximum absolute atomic E-state index is 12.7. The SMILES string of the molecule is CCOC(=O)/C(=N/Nc1cccc(C(F)(F)F)c1)N1CCOCC1. The number of carbonyl (C=O) groups excluding carboxylic acids is 1. The maximum Gasteiger partial charge on any atom is 0.416 e. The first kappa shape index (κ1) is 18.1. The number of hydrazone groups is 1. The van der Waals surface area contributed by atoms with Gasteiger partial charge in [-0.25, -0.2) is 4.79 Å². The van der Waals surface area contributed by atoms with E-state index in [0.29, 0.717) is 26.3 Å². The van der Waals surface area contributed by atoms with E-state index in [-0.39, 0.29) is 18.1 Å². The molecule has 1 heterocycles. The summed E-state index contributed by atoms with van der Waals surface area (Å²) in [5.41, 5.74) is 1.82. The number of alkyl halides is 3. The van der Waals surface area contributed by atoms with Gasteiger partial charge in [0.1, 0.15) is 0 Å². The summed E-state index contributed by atoms with van der Waals surface area (Å²) in [4.78, 5) is 13.7. The summed E-state index contributed by atoms with van der Waals surface area (Å²) in [7, 11) is 0. The number of hydrogen-bond acceptors (Lipinski definition) is 5. The molecule has 1 aliphatic heterocycles. The Morgan fingerprint density at radius 3 is 2.71 bits per heavy atom. The van der Waals surface area contributed by atoms with Crippen LogP contribution in [0.15, 0.2) is 29.4 Å². The highest BCUT2D eigenvalue weighted by Crippen LogP contribution is 2.30. The Labute approximate surface area is 137 Å². The molecule has 1 N–H and O–H groups in total. The van der Waals surface area contributed by atoms with Gasteiger partial charge >= 0.3 is 12.1 Å². The van der Waals surface area contributed by atoms with E-state index in [9.17, 15) is 18.0 Å². The second kappa shape index (κ2) is 8.00. The van der Waals surface area contributed by atoms with Crippen LogP contribution in [0.3, 0.4) is 0 Å². The number of rotatable bonds is 3. The molecule has 6 nitrogen and oxygen atoms in total. The van der Waals surface area contributed by atoms with E-state index in [1.165, 1.54) is 12.1 Å². The maximum atomic E-state index is 12.7. The molecular formula is C15H18F3N3O3. The minimum absolute atomic E-state index is 0.0116.